The number of amides is 1. The Morgan fingerprint density at radius 1 is 1.36 bits per heavy atom. The lowest BCUT2D eigenvalue weighted by molar-refractivity contribution is 0.0995. The van der Waals surface area contributed by atoms with Gasteiger partial charge in [-0.3, -0.25) is 4.79 Å². The zero-order chi connectivity index (χ0) is 15.9. The van der Waals surface area contributed by atoms with Crippen LogP contribution in [-0.2, 0) is 4.74 Å². The Bertz CT molecular complexity index is 700. The van der Waals surface area contributed by atoms with Crippen LogP contribution in [0.15, 0.2) is 34.9 Å². The molecular weight excluding hydrogens is 284 g/mol. The van der Waals surface area contributed by atoms with Crippen molar-refractivity contribution in [3.8, 4) is 11.8 Å². The fraction of sp³-hybridized carbons (Fsp3) is 0.250. The van der Waals surface area contributed by atoms with E-state index in [1.807, 2.05) is 6.07 Å². The van der Waals surface area contributed by atoms with E-state index in [1.165, 1.54) is 6.26 Å². The van der Waals surface area contributed by atoms with Crippen LogP contribution in [0.3, 0.4) is 0 Å². The van der Waals surface area contributed by atoms with Gasteiger partial charge in [0.25, 0.3) is 5.91 Å². The normalized spacial score (nSPS) is 10.0. The highest BCUT2D eigenvalue weighted by atomic mass is 16.5. The van der Waals surface area contributed by atoms with Crippen molar-refractivity contribution < 1.29 is 18.7 Å². The lowest BCUT2D eigenvalue weighted by Crippen LogP contribution is -2.14. The minimum atomic E-state index is -0.394. The van der Waals surface area contributed by atoms with Crippen molar-refractivity contribution in [3.63, 3.8) is 0 Å². The Morgan fingerprint density at radius 2 is 2.18 bits per heavy atom. The zero-order valence-electron chi connectivity index (χ0n) is 12.4. The second-order valence-corrected chi connectivity index (χ2v) is 4.55. The van der Waals surface area contributed by atoms with Crippen molar-refractivity contribution in [1.29, 1.82) is 5.26 Å². The van der Waals surface area contributed by atoms with Crippen LogP contribution < -0.4 is 10.1 Å². The first-order valence-electron chi connectivity index (χ1n) is 6.67. The van der Waals surface area contributed by atoms with Crippen LogP contribution in [0.1, 0.15) is 21.7 Å². The van der Waals surface area contributed by atoms with Gasteiger partial charge in [0, 0.05) is 12.7 Å². The van der Waals surface area contributed by atoms with Gasteiger partial charge in [-0.1, -0.05) is 0 Å². The first kappa shape index (κ1) is 15.6. The van der Waals surface area contributed by atoms with Crippen molar-refractivity contribution in [3.05, 3.63) is 47.4 Å². The SMILES string of the molecule is COCCOc1ccc(C#N)cc1NC(=O)c1occc1C. The van der Waals surface area contributed by atoms with Crippen molar-refractivity contribution in [2.24, 2.45) is 0 Å². The van der Waals surface area contributed by atoms with Crippen molar-refractivity contribution in [2.45, 2.75) is 6.92 Å². The number of ether oxygens (including phenoxy) is 2. The molecule has 2 rings (SSSR count). The quantitative estimate of drug-likeness (QED) is 0.829. The van der Waals surface area contributed by atoms with Gasteiger partial charge in [0.15, 0.2) is 5.76 Å². The van der Waals surface area contributed by atoms with E-state index in [1.54, 1.807) is 38.3 Å². The number of nitriles is 1. The summed E-state index contributed by atoms with van der Waals surface area (Å²) in [6.07, 6.45) is 1.45. The van der Waals surface area contributed by atoms with Gasteiger partial charge in [0.05, 0.1) is 30.2 Å². The van der Waals surface area contributed by atoms with E-state index in [4.69, 9.17) is 19.2 Å². The highest BCUT2D eigenvalue weighted by Crippen LogP contribution is 2.26. The number of carbonyl (C=O) groups is 1. The molecule has 1 N–H and O–H groups in total. The molecule has 0 fully saturated rings. The Morgan fingerprint density at radius 3 is 2.82 bits per heavy atom. The number of rotatable bonds is 6. The molecule has 0 aliphatic carbocycles. The molecule has 0 aliphatic heterocycles. The van der Waals surface area contributed by atoms with Crippen LogP contribution in [0.25, 0.3) is 0 Å². The predicted octanol–water partition coefficient (Wildman–Crippen LogP) is 2.74. The molecule has 1 aromatic carbocycles. The molecule has 114 valence electrons. The van der Waals surface area contributed by atoms with Crippen LogP contribution in [0.2, 0.25) is 0 Å². The number of hydrogen-bond acceptors (Lipinski definition) is 5. The van der Waals surface area contributed by atoms with E-state index in [-0.39, 0.29) is 5.76 Å². The molecule has 0 unspecified atom stereocenters. The van der Waals surface area contributed by atoms with Gasteiger partial charge < -0.3 is 19.2 Å². The number of carbonyl (C=O) groups excluding carboxylic acids is 1. The molecule has 0 aliphatic rings. The van der Waals surface area contributed by atoms with Gasteiger partial charge >= 0.3 is 0 Å². The molecule has 6 nitrogen and oxygen atoms in total. The molecule has 0 spiro atoms. The van der Waals surface area contributed by atoms with E-state index in [0.29, 0.717) is 30.2 Å². The lowest BCUT2D eigenvalue weighted by atomic mass is 10.2. The minimum Gasteiger partial charge on any atom is -0.489 e. The van der Waals surface area contributed by atoms with Crippen LogP contribution in [0.5, 0.6) is 5.75 Å². The average Bonchev–Trinajstić information content (AvgIpc) is 2.95. The summed E-state index contributed by atoms with van der Waals surface area (Å²) in [5, 5.41) is 11.7. The summed E-state index contributed by atoms with van der Waals surface area (Å²) in [6, 6.07) is 8.54. The van der Waals surface area contributed by atoms with E-state index < -0.39 is 5.91 Å². The third kappa shape index (κ3) is 3.65. The molecule has 2 aromatic rings. The maximum absolute atomic E-state index is 12.2. The maximum Gasteiger partial charge on any atom is 0.291 e. The topological polar surface area (TPSA) is 84.5 Å². The van der Waals surface area contributed by atoms with Crippen LogP contribution in [0, 0.1) is 18.3 Å². The van der Waals surface area contributed by atoms with Gasteiger partial charge in [0.1, 0.15) is 12.4 Å². The number of anilines is 1. The van der Waals surface area contributed by atoms with Crippen molar-refractivity contribution in [2.75, 3.05) is 25.6 Å². The average molecular weight is 300 g/mol. The number of benzene rings is 1. The van der Waals surface area contributed by atoms with Gasteiger partial charge in [0.2, 0.25) is 0 Å². The summed E-state index contributed by atoms with van der Waals surface area (Å²) in [4.78, 5) is 12.2. The third-order valence-corrected chi connectivity index (χ3v) is 2.97. The molecular formula is C16H16N2O4. The highest BCUT2D eigenvalue weighted by Gasteiger charge is 2.15. The largest absolute Gasteiger partial charge is 0.489 e. The third-order valence-electron chi connectivity index (χ3n) is 2.97. The molecule has 0 bridgehead atoms. The summed E-state index contributed by atoms with van der Waals surface area (Å²) in [6.45, 7) is 2.54. The molecule has 0 saturated carbocycles. The van der Waals surface area contributed by atoms with Crippen LogP contribution in [0.4, 0.5) is 5.69 Å². The minimum absolute atomic E-state index is 0.227. The number of hydrogen-bond donors (Lipinski definition) is 1. The maximum atomic E-state index is 12.2. The highest BCUT2D eigenvalue weighted by molar-refractivity contribution is 6.04. The molecule has 1 aromatic heterocycles. The first-order valence-corrected chi connectivity index (χ1v) is 6.67. The van der Waals surface area contributed by atoms with Gasteiger partial charge in [-0.05, 0) is 31.2 Å². The summed E-state index contributed by atoms with van der Waals surface area (Å²) in [5.74, 6) is 0.299. The summed E-state index contributed by atoms with van der Waals surface area (Å²) in [5.41, 5.74) is 1.57. The van der Waals surface area contributed by atoms with Gasteiger partial charge in [-0.15, -0.1) is 0 Å². The number of furan rings is 1. The van der Waals surface area contributed by atoms with Gasteiger partial charge in [-0.25, -0.2) is 0 Å². The molecule has 1 amide bonds. The van der Waals surface area contributed by atoms with Crippen LogP contribution in [-0.4, -0.2) is 26.2 Å². The Kier molecular flexibility index (Phi) is 5.17. The molecule has 22 heavy (non-hydrogen) atoms. The zero-order valence-corrected chi connectivity index (χ0v) is 12.4. The van der Waals surface area contributed by atoms with E-state index >= 15 is 0 Å². The van der Waals surface area contributed by atoms with E-state index in [0.717, 1.165) is 5.56 Å². The monoisotopic (exact) mass is 300 g/mol. The van der Waals surface area contributed by atoms with E-state index in [2.05, 4.69) is 5.32 Å². The second-order valence-electron chi connectivity index (χ2n) is 4.55. The fourth-order valence-corrected chi connectivity index (χ4v) is 1.84. The second kappa shape index (κ2) is 7.29. The lowest BCUT2D eigenvalue weighted by Gasteiger charge is -2.12. The molecule has 0 atom stereocenters. The Labute approximate surface area is 128 Å². The summed E-state index contributed by atoms with van der Waals surface area (Å²) in [7, 11) is 1.57. The Hall–Kier alpha value is -2.78. The van der Waals surface area contributed by atoms with E-state index in [9.17, 15) is 4.79 Å². The number of nitrogens with zero attached hydrogens (tertiary/aromatic N) is 1. The molecule has 0 saturated heterocycles. The smallest absolute Gasteiger partial charge is 0.291 e. The fourth-order valence-electron chi connectivity index (χ4n) is 1.84. The first-order chi connectivity index (χ1) is 10.7. The van der Waals surface area contributed by atoms with Crippen LogP contribution >= 0.6 is 0 Å². The van der Waals surface area contributed by atoms with Crippen molar-refractivity contribution >= 4 is 11.6 Å². The Balaban J connectivity index is 2.22. The van der Waals surface area contributed by atoms with Gasteiger partial charge in [-0.2, -0.15) is 5.26 Å². The molecule has 1 heterocycles. The van der Waals surface area contributed by atoms with Crippen molar-refractivity contribution in [1.82, 2.24) is 0 Å². The standard InChI is InChI=1S/C16H16N2O4/c1-11-5-6-22-15(11)16(19)18-13-9-12(10-17)3-4-14(13)21-8-7-20-2/h3-6,9H,7-8H2,1-2H3,(H,18,19). The summed E-state index contributed by atoms with van der Waals surface area (Å²) >= 11 is 0. The summed E-state index contributed by atoms with van der Waals surface area (Å²) < 4.78 is 15.6. The molecule has 6 heteroatoms. The predicted molar refractivity (Wildman–Crippen MR) is 79.9 cm³/mol. The number of nitrogens with one attached hydrogen (secondary N) is 1. The number of aryl methyl sites for hydroxylation is 1. The molecule has 0 radical (unpaired) electrons. The number of methoxy groups -OCH3 is 1.